The average molecular weight is 483 g/mol. The van der Waals surface area contributed by atoms with Crippen molar-refractivity contribution in [2.75, 3.05) is 6.54 Å². The number of fused-ring (bicyclic) bond motifs is 1. The third-order valence-corrected chi connectivity index (χ3v) is 5.57. The van der Waals surface area contributed by atoms with Gasteiger partial charge in [0.1, 0.15) is 11.2 Å². The number of hydrogen-bond acceptors (Lipinski definition) is 5. The minimum absolute atomic E-state index is 0.0116. The fourth-order valence-electron chi connectivity index (χ4n) is 3.73. The lowest BCUT2D eigenvalue weighted by atomic mass is 9.82. The second kappa shape index (κ2) is 9.02. The number of amides is 1. The van der Waals surface area contributed by atoms with Crippen LogP contribution in [-0.2, 0) is 10.4 Å². The first-order valence-electron chi connectivity index (χ1n) is 10.7. The molecular weight excluding hydrogens is 459 g/mol. The first-order valence-corrected chi connectivity index (χ1v) is 11.1. The first kappa shape index (κ1) is 23.6. The molecule has 0 spiro atoms. The van der Waals surface area contributed by atoms with Crippen LogP contribution in [0.1, 0.15) is 42.4 Å². The quantitative estimate of drug-likeness (QED) is 0.482. The number of rotatable bonds is 5. The number of alkyl carbamates (subject to hydrolysis) is 1. The molecule has 2 atom stereocenters. The minimum atomic E-state index is -1.97. The fraction of sp³-hybridized carbons (Fsp3) is 0.280. The van der Waals surface area contributed by atoms with E-state index < -0.39 is 23.3 Å². The van der Waals surface area contributed by atoms with Gasteiger partial charge < -0.3 is 15.0 Å². The van der Waals surface area contributed by atoms with E-state index in [1.165, 1.54) is 30.6 Å². The maximum absolute atomic E-state index is 16.1. The molecule has 0 bridgehead atoms. The van der Waals surface area contributed by atoms with Crippen molar-refractivity contribution in [1.29, 1.82) is 0 Å². The van der Waals surface area contributed by atoms with E-state index in [-0.39, 0.29) is 18.0 Å². The number of hydrogen-bond donors (Lipinski definition) is 2. The molecule has 4 rings (SSSR count). The van der Waals surface area contributed by atoms with Crippen molar-refractivity contribution in [1.82, 2.24) is 20.3 Å². The summed E-state index contributed by atoms with van der Waals surface area (Å²) in [6.07, 6.45) is 10.1. The number of nitrogens with one attached hydrogen (secondary N) is 2. The second-order valence-electron chi connectivity index (χ2n) is 9.01. The molecule has 3 aromatic rings. The summed E-state index contributed by atoms with van der Waals surface area (Å²) in [7, 11) is 0. The third kappa shape index (κ3) is 4.87. The average Bonchev–Trinajstić information content (AvgIpc) is 3.20. The highest BCUT2D eigenvalue weighted by Crippen LogP contribution is 2.38. The van der Waals surface area contributed by atoms with Crippen molar-refractivity contribution < 1.29 is 18.7 Å². The zero-order valence-corrected chi connectivity index (χ0v) is 19.7. The standard InChI is InChI=1S/C25H24ClFN4O3/c1-24(2,3)34-23(33)31-12-16-6-4-5-9-25(16,27)20-8-7-15(11-28-20)21(32)19-14-30-22-18(19)10-17(26)13-29-22/h4-11,13-14,16H,12H2,1-3H3,(H,29,30)(H,31,33). The molecular formula is C25H24ClFN4O3. The number of aromatic nitrogens is 3. The Balaban J connectivity index is 1.53. The summed E-state index contributed by atoms with van der Waals surface area (Å²) in [5.41, 5.74) is -1.26. The lowest BCUT2D eigenvalue weighted by Gasteiger charge is -2.31. The van der Waals surface area contributed by atoms with Crippen molar-refractivity contribution in [2.45, 2.75) is 32.0 Å². The number of alkyl halides is 1. The monoisotopic (exact) mass is 482 g/mol. The molecule has 34 heavy (non-hydrogen) atoms. The maximum Gasteiger partial charge on any atom is 0.407 e. The van der Waals surface area contributed by atoms with E-state index in [0.29, 0.717) is 27.2 Å². The number of carbonyl (C=O) groups is 2. The summed E-state index contributed by atoms with van der Waals surface area (Å²) >= 11 is 6.02. The van der Waals surface area contributed by atoms with E-state index in [2.05, 4.69) is 20.3 Å². The molecule has 2 unspecified atom stereocenters. The summed E-state index contributed by atoms with van der Waals surface area (Å²) in [5.74, 6) is -0.995. The van der Waals surface area contributed by atoms with Gasteiger partial charge in [0.05, 0.1) is 10.7 Å². The molecule has 7 nitrogen and oxygen atoms in total. The zero-order valence-electron chi connectivity index (χ0n) is 18.9. The highest BCUT2D eigenvalue weighted by atomic mass is 35.5. The number of aromatic amines is 1. The van der Waals surface area contributed by atoms with Crippen molar-refractivity contribution in [3.05, 3.63) is 82.9 Å². The topological polar surface area (TPSA) is 97.0 Å². The molecule has 1 aliphatic rings. The van der Waals surface area contributed by atoms with E-state index in [9.17, 15) is 9.59 Å². The Hall–Kier alpha value is -3.52. The fourth-order valence-corrected chi connectivity index (χ4v) is 3.89. The van der Waals surface area contributed by atoms with Crippen molar-refractivity contribution in [3.63, 3.8) is 0 Å². The van der Waals surface area contributed by atoms with Crippen molar-refractivity contribution >= 4 is 34.5 Å². The van der Waals surface area contributed by atoms with Gasteiger partial charge in [0.2, 0.25) is 0 Å². The lowest BCUT2D eigenvalue weighted by Crippen LogP contribution is -2.41. The molecule has 0 radical (unpaired) electrons. The molecule has 0 saturated carbocycles. The molecule has 0 aliphatic heterocycles. The van der Waals surface area contributed by atoms with Crippen LogP contribution in [0.15, 0.2) is 61.1 Å². The van der Waals surface area contributed by atoms with Gasteiger partial charge in [0.15, 0.2) is 11.5 Å². The van der Waals surface area contributed by atoms with E-state index in [4.69, 9.17) is 16.3 Å². The molecule has 3 aromatic heterocycles. The number of H-pyrrole nitrogens is 1. The zero-order chi connectivity index (χ0) is 24.5. The van der Waals surface area contributed by atoms with Gasteiger partial charge in [-0.05, 0) is 45.0 Å². The van der Waals surface area contributed by atoms with Gasteiger partial charge in [-0.3, -0.25) is 9.78 Å². The minimum Gasteiger partial charge on any atom is -0.444 e. The molecule has 0 aromatic carbocycles. The highest BCUT2D eigenvalue weighted by molar-refractivity contribution is 6.31. The van der Waals surface area contributed by atoms with Crippen LogP contribution in [0.2, 0.25) is 5.02 Å². The summed E-state index contributed by atoms with van der Waals surface area (Å²) in [4.78, 5) is 36.4. The number of carbonyl (C=O) groups excluding carboxylic acids is 2. The summed E-state index contributed by atoms with van der Waals surface area (Å²) in [6, 6.07) is 4.68. The van der Waals surface area contributed by atoms with Crippen LogP contribution in [0, 0.1) is 5.92 Å². The van der Waals surface area contributed by atoms with Gasteiger partial charge in [-0.15, -0.1) is 0 Å². The van der Waals surface area contributed by atoms with Gasteiger partial charge in [0.25, 0.3) is 0 Å². The van der Waals surface area contributed by atoms with E-state index in [0.717, 1.165) is 0 Å². The maximum atomic E-state index is 16.1. The summed E-state index contributed by atoms with van der Waals surface area (Å²) < 4.78 is 21.3. The van der Waals surface area contributed by atoms with Crippen LogP contribution in [0.5, 0.6) is 0 Å². The van der Waals surface area contributed by atoms with E-state index in [1.807, 2.05) is 0 Å². The number of nitrogens with zero attached hydrogens (tertiary/aromatic N) is 2. The van der Waals surface area contributed by atoms with Crippen LogP contribution >= 0.6 is 11.6 Å². The molecule has 1 amide bonds. The third-order valence-electron chi connectivity index (χ3n) is 5.36. The van der Waals surface area contributed by atoms with Crippen LogP contribution in [0.4, 0.5) is 9.18 Å². The van der Waals surface area contributed by atoms with Crippen molar-refractivity contribution in [2.24, 2.45) is 5.92 Å². The first-order chi connectivity index (χ1) is 16.1. The van der Waals surface area contributed by atoms with Gasteiger partial charge in [-0.2, -0.15) is 0 Å². The van der Waals surface area contributed by atoms with Crippen LogP contribution in [0.3, 0.4) is 0 Å². The summed E-state index contributed by atoms with van der Waals surface area (Å²) in [6.45, 7) is 5.27. The molecule has 9 heteroatoms. The van der Waals surface area contributed by atoms with Crippen LogP contribution in [-0.4, -0.2) is 39.0 Å². The number of ketones is 1. The molecule has 176 valence electrons. The SMILES string of the molecule is CC(C)(C)OC(=O)NCC1C=CC=CC1(F)c1ccc(C(=O)c2c[nH]c3ncc(Cl)cc23)cn1. The van der Waals surface area contributed by atoms with Gasteiger partial charge in [-0.25, -0.2) is 14.2 Å². The molecule has 2 N–H and O–H groups in total. The Kier molecular flexibility index (Phi) is 6.27. The Morgan fingerprint density at radius 3 is 2.74 bits per heavy atom. The van der Waals surface area contributed by atoms with Gasteiger partial charge in [-0.1, -0.05) is 29.8 Å². The number of ether oxygens (including phenoxy) is 1. The van der Waals surface area contributed by atoms with E-state index in [1.54, 1.807) is 51.3 Å². The number of pyridine rings is 2. The highest BCUT2D eigenvalue weighted by Gasteiger charge is 2.40. The molecule has 1 aliphatic carbocycles. The largest absolute Gasteiger partial charge is 0.444 e. The number of allylic oxidation sites excluding steroid dienone is 3. The van der Waals surface area contributed by atoms with Gasteiger partial charge >= 0.3 is 6.09 Å². The lowest BCUT2D eigenvalue weighted by molar-refractivity contribution is 0.0502. The second-order valence-corrected chi connectivity index (χ2v) is 9.45. The molecule has 3 heterocycles. The summed E-state index contributed by atoms with van der Waals surface area (Å²) in [5, 5.41) is 3.62. The Morgan fingerprint density at radius 2 is 2.03 bits per heavy atom. The molecule has 0 fully saturated rings. The normalized spacial score (nSPS) is 19.9. The van der Waals surface area contributed by atoms with Crippen molar-refractivity contribution in [3.8, 4) is 0 Å². The smallest absolute Gasteiger partial charge is 0.407 e. The Morgan fingerprint density at radius 1 is 1.24 bits per heavy atom. The van der Waals surface area contributed by atoms with Crippen LogP contribution in [0.25, 0.3) is 11.0 Å². The molecule has 0 saturated heterocycles. The van der Waals surface area contributed by atoms with Gasteiger partial charge in [0, 0.05) is 47.6 Å². The van der Waals surface area contributed by atoms with Crippen LogP contribution < -0.4 is 5.32 Å². The number of halogens is 2. The Bertz CT molecular complexity index is 1290. The Labute approximate surface area is 201 Å². The predicted octanol–water partition coefficient (Wildman–Crippen LogP) is 5.27. The van der Waals surface area contributed by atoms with E-state index >= 15 is 4.39 Å². The predicted molar refractivity (Wildman–Crippen MR) is 128 cm³/mol.